The van der Waals surface area contributed by atoms with E-state index in [0.717, 1.165) is 59.5 Å². The van der Waals surface area contributed by atoms with Crippen LogP contribution in [0.25, 0.3) is 10.9 Å². The van der Waals surface area contributed by atoms with Crippen LogP contribution in [-0.2, 0) is 4.74 Å². The van der Waals surface area contributed by atoms with Gasteiger partial charge in [0, 0.05) is 29.6 Å². The Kier molecular flexibility index (Phi) is 4.10. The van der Waals surface area contributed by atoms with Crippen LogP contribution in [-0.4, -0.2) is 36.3 Å². The average Bonchev–Trinajstić information content (AvgIpc) is 2.71. The molecule has 0 N–H and O–H groups in total. The van der Waals surface area contributed by atoms with Crippen molar-refractivity contribution in [3.05, 3.63) is 27.5 Å². The zero-order valence-electron chi connectivity index (χ0n) is 11.2. The Morgan fingerprint density at radius 3 is 2.95 bits per heavy atom. The van der Waals surface area contributed by atoms with E-state index in [0.29, 0.717) is 5.28 Å². The number of ether oxygens (including phenoxy) is 1. The molecule has 1 saturated heterocycles. The van der Waals surface area contributed by atoms with Crippen LogP contribution >= 0.6 is 27.5 Å². The van der Waals surface area contributed by atoms with E-state index in [4.69, 9.17) is 16.3 Å². The standard InChI is InChI=1S/C14H15BrClN3O/c1-9-11(15)4-3-10-12(9)17-14(16)18-13(10)19-5-2-7-20-8-6-19/h3-4H,2,5-8H2,1H3. The zero-order valence-corrected chi connectivity index (χ0v) is 13.5. The SMILES string of the molecule is Cc1c(Br)ccc2c(N3CCCOCC3)nc(Cl)nc12. The summed E-state index contributed by atoms with van der Waals surface area (Å²) in [5, 5.41) is 1.33. The predicted octanol–water partition coefficient (Wildman–Crippen LogP) is 3.58. The highest BCUT2D eigenvalue weighted by Crippen LogP contribution is 2.31. The number of fused-ring (bicyclic) bond motifs is 1. The largest absolute Gasteiger partial charge is 0.380 e. The van der Waals surface area contributed by atoms with Crippen LogP contribution in [0.1, 0.15) is 12.0 Å². The van der Waals surface area contributed by atoms with Gasteiger partial charge in [-0.15, -0.1) is 0 Å². The van der Waals surface area contributed by atoms with Crippen LogP contribution in [0.2, 0.25) is 5.28 Å². The maximum Gasteiger partial charge on any atom is 0.224 e. The van der Waals surface area contributed by atoms with Gasteiger partial charge >= 0.3 is 0 Å². The van der Waals surface area contributed by atoms with Gasteiger partial charge in [-0.05, 0) is 42.6 Å². The molecule has 6 heteroatoms. The lowest BCUT2D eigenvalue weighted by Crippen LogP contribution is -2.27. The first-order chi connectivity index (χ1) is 9.66. The van der Waals surface area contributed by atoms with Gasteiger partial charge in [0.25, 0.3) is 0 Å². The first kappa shape index (κ1) is 14.0. The highest BCUT2D eigenvalue weighted by atomic mass is 79.9. The fourth-order valence-corrected chi connectivity index (χ4v) is 2.95. The summed E-state index contributed by atoms with van der Waals surface area (Å²) in [6, 6.07) is 4.08. The second-order valence-electron chi connectivity index (χ2n) is 4.84. The van der Waals surface area contributed by atoms with E-state index >= 15 is 0 Å². The molecule has 3 rings (SSSR count). The Morgan fingerprint density at radius 2 is 2.10 bits per heavy atom. The topological polar surface area (TPSA) is 38.2 Å². The van der Waals surface area contributed by atoms with Crippen molar-refractivity contribution in [2.75, 3.05) is 31.2 Å². The van der Waals surface area contributed by atoms with Crippen LogP contribution in [0.5, 0.6) is 0 Å². The number of hydrogen-bond donors (Lipinski definition) is 0. The number of aromatic nitrogens is 2. The Hall–Kier alpha value is -0.910. The number of hydrogen-bond acceptors (Lipinski definition) is 4. The smallest absolute Gasteiger partial charge is 0.224 e. The fraction of sp³-hybridized carbons (Fsp3) is 0.429. The summed E-state index contributed by atoms with van der Waals surface area (Å²) in [7, 11) is 0. The molecule has 0 saturated carbocycles. The molecule has 2 heterocycles. The highest BCUT2D eigenvalue weighted by Gasteiger charge is 2.17. The molecular weight excluding hydrogens is 342 g/mol. The lowest BCUT2D eigenvalue weighted by molar-refractivity contribution is 0.152. The van der Waals surface area contributed by atoms with Crippen LogP contribution in [0.3, 0.4) is 0 Å². The molecule has 0 bridgehead atoms. The number of benzene rings is 1. The monoisotopic (exact) mass is 355 g/mol. The normalized spacial score (nSPS) is 16.4. The van der Waals surface area contributed by atoms with Crippen molar-refractivity contribution in [2.24, 2.45) is 0 Å². The summed E-state index contributed by atoms with van der Waals surface area (Å²) < 4.78 is 6.54. The molecular formula is C14H15BrClN3O. The van der Waals surface area contributed by atoms with E-state index in [1.165, 1.54) is 0 Å². The van der Waals surface area contributed by atoms with Crippen molar-refractivity contribution in [1.82, 2.24) is 9.97 Å². The van der Waals surface area contributed by atoms with Gasteiger partial charge in [-0.25, -0.2) is 4.98 Å². The molecule has 0 amide bonds. The summed E-state index contributed by atoms with van der Waals surface area (Å²) in [6.45, 7) is 5.32. The summed E-state index contributed by atoms with van der Waals surface area (Å²) in [5.74, 6) is 0.904. The highest BCUT2D eigenvalue weighted by molar-refractivity contribution is 9.10. The van der Waals surface area contributed by atoms with E-state index in [-0.39, 0.29) is 0 Å². The third-order valence-corrected chi connectivity index (χ3v) is 4.56. The number of aryl methyl sites for hydroxylation is 1. The van der Waals surface area contributed by atoms with Crippen LogP contribution in [0.15, 0.2) is 16.6 Å². The Balaban J connectivity index is 2.16. The van der Waals surface area contributed by atoms with Gasteiger partial charge in [0.1, 0.15) is 5.82 Å². The second kappa shape index (κ2) is 5.84. The predicted molar refractivity (Wildman–Crippen MR) is 84.6 cm³/mol. The first-order valence-electron chi connectivity index (χ1n) is 6.62. The quantitative estimate of drug-likeness (QED) is 0.732. The van der Waals surface area contributed by atoms with E-state index < -0.39 is 0 Å². The molecule has 0 unspecified atom stereocenters. The zero-order chi connectivity index (χ0) is 14.1. The Labute approximate surface area is 131 Å². The number of nitrogens with zero attached hydrogens (tertiary/aromatic N) is 3. The Bertz CT molecular complexity index is 642. The molecule has 0 aliphatic carbocycles. The molecule has 1 aromatic carbocycles. The summed E-state index contributed by atoms with van der Waals surface area (Å²) in [6.07, 6.45) is 0.999. The molecule has 106 valence electrons. The van der Waals surface area contributed by atoms with Crippen LogP contribution in [0.4, 0.5) is 5.82 Å². The molecule has 0 atom stereocenters. The van der Waals surface area contributed by atoms with E-state index in [1.807, 2.05) is 19.1 Å². The van der Waals surface area contributed by atoms with Gasteiger partial charge in [0.2, 0.25) is 5.28 Å². The second-order valence-corrected chi connectivity index (χ2v) is 6.03. The lowest BCUT2D eigenvalue weighted by Gasteiger charge is -2.22. The first-order valence-corrected chi connectivity index (χ1v) is 7.79. The molecule has 2 aromatic rings. The van der Waals surface area contributed by atoms with E-state index in [9.17, 15) is 0 Å². The fourth-order valence-electron chi connectivity index (χ4n) is 2.46. The number of anilines is 1. The van der Waals surface area contributed by atoms with Crippen molar-refractivity contribution < 1.29 is 4.74 Å². The third-order valence-electron chi connectivity index (χ3n) is 3.53. The minimum absolute atomic E-state index is 0.291. The van der Waals surface area contributed by atoms with Gasteiger partial charge in [-0.1, -0.05) is 15.9 Å². The van der Waals surface area contributed by atoms with Gasteiger partial charge in [-0.2, -0.15) is 4.98 Å². The minimum atomic E-state index is 0.291. The molecule has 1 fully saturated rings. The summed E-state index contributed by atoms with van der Waals surface area (Å²) in [4.78, 5) is 11.1. The maximum atomic E-state index is 6.11. The molecule has 1 aromatic heterocycles. The molecule has 4 nitrogen and oxygen atoms in total. The molecule has 0 radical (unpaired) electrons. The van der Waals surface area contributed by atoms with E-state index in [1.54, 1.807) is 0 Å². The number of halogens is 2. The van der Waals surface area contributed by atoms with Gasteiger partial charge in [0.05, 0.1) is 12.1 Å². The summed E-state index contributed by atoms with van der Waals surface area (Å²) in [5.41, 5.74) is 1.98. The van der Waals surface area contributed by atoms with Crippen molar-refractivity contribution in [3.8, 4) is 0 Å². The van der Waals surface area contributed by atoms with Crippen molar-refractivity contribution in [3.63, 3.8) is 0 Å². The van der Waals surface area contributed by atoms with Crippen molar-refractivity contribution in [1.29, 1.82) is 0 Å². The van der Waals surface area contributed by atoms with Crippen LogP contribution < -0.4 is 4.90 Å². The summed E-state index contributed by atoms with van der Waals surface area (Å²) >= 11 is 9.65. The van der Waals surface area contributed by atoms with Gasteiger partial charge in [-0.3, -0.25) is 0 Å². The van der Waals surface area contributed by atoms with Crippen molar-refractivity contribution in [2.45, 2.75) is 13.3 Å². The molecule has 1 aliphatic rings. The van der Waals surface area contributed by atoms with Gasteiger partial charge in [0.15, 0.2) is 0 Å². The average molecular weight is 357 g/mol. The molecule has 20 heavy (non-hydrogen) atoms. The molecule has 0 spiro atoms. The van der Waals surface area contributed by atoms with Crippen molar-refractivity contribution >= 4 is 44.3 Å². The lowest BCUT2D eigenvalue weighted by atomic mass is 10.1. The Morgan fingerprint density at radius 1 is 1.25 bits per heavy atom. The van der Waals surface area contributed by atoms with E-state index in [2.05, 4.69) is 30.8 Å². The maximum absolute atomic E-state index is 6.11. The third kappa shape index (κ3) is 2.62. The van der Waals surface area contributed by atoms with Gasteiger partial charge < -0.3 is 9.64 Å². The van der Waals surface area contributed by atoms with Crippen LogP contribution in [0, 0.1) is 6.92 Å². The number of rotatable bonds is 1. The molecule has 1 aliphatic heterocycles. The minimum Gasteiger partial charge on any atom is -0.380 e.